The molecule has 0 aliphatic heterocycles. The molecule has 1 fully saturated rings. The van der Waals surface area contributed by atoms with E-state index in [2.05, 4.69) is 29.5 Å². The molecule has 0 spiro atoms. The molecular weight excluding hydrogens is 260 g/mol. The van der Waals surface area contributed by atoms with Gasteiger partial charge >= 0.3 is 0 Å². The SMILES string of the molecule is CCNc1nc(NC2CCC(C)C(C)C2)c(F)cc1F. The van der Waals surface area contributed by atoms with E-state index in [1.807, 2.05) is 6.92 Å². The monoisotopic (exact) mass is 283 g/mol. The molecule has 1 aromatic rings. The number of nitrogens with one attached hydrogen (secondary N) is 2. The van der Waals surface area contributed by atoms with Crippen LogP contribution in [0.15, 0.2) is 6.07 Å². The number of aromatic nitrogens is 1. The van der Waals surface area contributed by atoms with Crippen LogP contribution in [0.25, 0.3) is 0 Å². The number of rotatable bonds is 4. The first-order valence-corrected chi connectivity index (χ1v) is 7.37. The van der Waals surface area contributed by atoms with Crippen LogP contribution < -0.4 is 10.6 Å². The Bertz CT molecular complexity index is 465. The van der Waals surface area contributed by atoms with Crippen LogP contribution in [0.1, 0.15) is 40.0 Å². The quantitative estimate of drug-likeness (QED) is 0.876. The second-order valence-electron chi connectivity index (χ2n) is 5.79. The lowest BCUT2D eigenvalue weighted by molar-refractivity contribution is 0.260. The van der Waals surface area contributed by atoms with Gasteiger partial charge in [-0.1, -0.05) is 13.8 Å². The fourth-order valence-electron chi connectivity index (χ4n) is 2.73. The minimum atomic E-state index is -0.652. The normalized spacial score (nSPS) is 26.4. The van der Waals surface area contributed by atoms with Gasteiger partial charge in [0.05, 0.1) is 0 Å². The molecule has 20 heavy (non-hydrogen) atoms. The van der Waals surface area contributed by atoms with Gasteiger partial charge < -0.3 is 10.6 Å². The molecular formula is C15H23F2N3. The van der Waals surface area contributed by atoms with Gasteiger partial charge in [-0.2, -0.15) is 0 Å². The molecule has 0 bridgehead atoms. The number of hydrogen-bond donors (Lipinski definition) is 2. The summed E-state index contributed by atoms with van der Waals surface area (Å²) in [6.07, 6.45) is 3.12. The topological polar surface area (TPSA) is 37.0 Å². The molecule has 3 nitrogen and oxygen atoms in total. The van der Waals surface area contributed by atoms with Gasteiger partial charge in [0.2, 0.25) is 0 Å². The average Bonchev–Trinajstić information content (AvgIpc) is 2.39. The van der Waals surface area contributed by atoms with Gasteiger partial charge in [-0.3, -0.25) is 0 Å². The smallest absolute Gasteiger partial charge is 0.168 e. The number of anilines is 2. The molecule has 3 atom stereocenters. The number of halogens is 2. The van der Waals surface area contributed by atoms with E-state index >= 15 is 0 Å². The fraction of sp³-hybridized carbons (Fsp3) is 0.667. The fourth-order valence-corrected chi connectivity index (χ4v) is 2.73. The highest BCUT2D eigenvalue weighted by molar-refractivity contribution is 5.48. The van der Waals surface area contributed by atoms with Crippen molar-refractivity contribution < 1.29 is 8.78 Å². The molecule has 0 amide bonds. The Kier molecular flexibility index (Phi) is 4.78. The summed E-state index contributed by atoms with van der Waals surface area (Å²) in [4.78, 5) is 4.03. The Morgan fingerprint density at radius 1 is 1.15 bits per heavy atom. The number of hydrogen-bond acceptors (Lipinski definition) is 3. The predicted molar refractivity (Wildman–Crippen MR) is 77.9 cm³/mol. The first-order valence-electron chi connectivity index (χ1n) is 7.37. The Hall–Kier alpha value is -1.39. The standard InChI is InChI=1S/C15H23F2N3/c1-4-18-14-12(16)8-13(17)15(20-14)19-11-6-5-9(2)10(3)7-11/h8-11H,4-7H2,1-3H3,(H2,18,19,20). The van der Waals surface area contributed by atoms with Crippen molar-refractivity contribution in [2.75, 3.05) is 17.2 Å². The molecule has 0 aromatic carbocycles. The maximum Gasteiger partial charge on any atom is 0.168 e. The van der Waals surface area contributed by atoms with Crippen LogP contribution in [-0.2, 0) is 0 Å². The van der Waals surface area contributed by atoms with Crippen LogP contribution in [-0.4, -0.2) is 17.6 Å². The first-order chi connectivity index (χ1) is 9.51. The van der Waals surface area contributed by atoms with Crippen molar-refractivity contribution in [2.24, 2.45) is 11.8 Å². The highest BCUT2D eigenvalue weighted by Crippen LogP contribution is 2.31. The Morgan fingerprint density at radius 3 is 2.50 bits per heavy atom. The molecule has 1 aliphatic carbocycles. The van der Waals surface area contributed by atoms with E-state index in [4.69, 9.17) is 0 Å². The maximum atomic E-state index is 13.8. The van der Waals surface area contributed by atoms with E-state index in [9.17, 15) is 8.78 Å². The zero-order chi connectivity index (χ0) is 14.7. The van der Waals surface area contributed by atoms with Crippen LogP contribution >= 0.6 is 0 Å². The van der Waals surface area contributed by atoms with Gasteiger partial charge in [-0.15, -0.1) is 0 Å². The van der Waals surface area contributed by atoms with Gasteiger partial charge in [-0.05, 0) is 38.0 Å². The van der Waals surface area contributed by atoms with Crippen LogP contribution in [0.2, 0.25) is 0 Å². The lowest BCUT2D eigenvalue weighted by atomic mass is 9.79. The summed E-state index contributed by atoms with van der Waals surface area (Å²) in [6, 6.07) is 1.10. The zero-order valence-corrected chi connectivity index (χ0v) is 12.3. The van der Waals surface area contributed by atoms with Gasteiger partial charge in [0.15, 0.2) is 23.3 Å². The van der Waals surface area contributed by atoms with Crippen LogP contribution in [0.4, 0.5) is 20.4 Å². The largest absolute Gasteiger partial charge is 0.368 e. The zero-order valence-electron chi connectivity index (χ0n) is 12.3. The molecule has 3 unspecified atom stereocenters. The Morgan fingerprint density at radius 2 is 1.85 bits per heavy atom. The second-order valence-corrected chi connectivity index (χ2v) is 5.79. The summed E-state index contributed by atoms with van der Waals surface area (Å²) >= 11 is 0. The highest BCUT2D eigenvalue weighted by atomic mass is 19.1. The van der Waals surface area contributed by atoms with E-state index in [0.29, 0.717) is 18.4 Å². The Balaban J connectivity index is 2.10. The van der Waals surface area contributed by atoms with Crippen molar-refractivity contribution in [1.82, 2.24) is 4.98 Å². The summed E-state index contributed by atoms with van der Waals surface area (Å²) in [7, 11) is 0. The maximum absolute atomic E-state index is 13.8. The molecule has 5 heteroatoms. The van der Waals surface area contributed by atoms with E-state index in [0.717, 1.165) is 25.3 Å². The van der Waals surface area contributed by atoms with Gasteiger partial charge in [-0.25, -0.2) is 13.8 Å². The van der Waals surface area contributed by atoms with Crippen molar-refractivity contribution >= 4 is 11.6 Å². The summed E-state index contributed by atoms with van der Waals surface area (Å²) in [6.45, 7) is 6.87. The molecule has 1 aromatic heterocycles. The molecule has 1 heterocycles. The molecule has 1 saturated carbocycles. The van der Waals surface area contributed by atoms with Crippen molar-refractivity contribution in [3.8, 4) is 0 Å². The van der Waals surface area contributed by atoms with E-state index in [1.165, 1.54) is 0 Å². The minimum Gasteiger partial charge on any atom is -0.368 e. The van der Waals surface area contributed by atoms with Crippen molar-refractivity contribution in [1.29, 1.82) is 0 Å². The van der Waals surface area contributed by atoms with Crippen molar-refractivity contribution in [3.63, 3.8) is 0 Å². The second kappa shape index (κ2) is 6.37. The molecule has 2 N–H and O–H groups in total. The van der Waals surface area contributed by atoms with Crippen molar-refractivity contribution in [3.05, 3.63) is 17.7 Å². The molecule has 0 radical (unpaired) electrons. The predicted octanol–water partition coefficient (Wildman–Crippen LogP) is 4.03. The number of pyridine rings is 1. The van der Waals surface area contributed by atoms with Gasteiger partial charge in [0.25, 0.3) is 0 Å². The third-order valence-corrected chi connectivity index (χ3v) is 4.21. The molecule has 2 rings (SSSR count). The van der Waals surface area contributed by atoms with Gasteiger partial charge in [0.1, 0.15) is 0 Å². The van der Waals surface area contributed by atoms with E-state index in [-0.39, 0.29) is 17.7 Å². The summed E-state index contributed by atoms with van der Waals surface area (Å²) in [5.74, 6) is 0.285. The highest BCUT2D eigenvalue weighted by Gasteiger charge is 2.25. The van der Waals surface area contributed by atoms with Crippen molar-refractivity contribution in [2.45, 2.75) is 46.1 Å². The molecule has 112 valence electrons. The summed E-state index contributed by atoms with van der Waals surface area (Å²) in [5.41, 5.74) is 0. The number of nitrogens with zero attached hydrogens (tertiary/aromatic N) is 1. The lowest BCUT2D eigenvalue weighted by Crippen LogP contribution is -2.31. The first kappa shape index (κ1) is 15.0. The van der Waals surface area contributed by atoms with Crippen LogP contribution in [0, 0.1) is 23.5 Å². The minimum absolute atomic E-state index is 0.105. The van der Waals surface area contributed by atoms with Crippen LogP contribution in [0.5, 0.6) is 0 Å². The molecule has 1 aliphatic rings. The van der Waals surface area contributed by atoms with Gasteiger partial charge in [0, 0.05) is 18.7 Å². The average molecular weight is 283 g/mol. The van der Waals surface area contributed by atoms with E-state index < -0.39 is 11.6 Å². The van der Waals surface area contributed by atoms with Crippen LogP contribution in [0.3, 0.4) is 0 Å². The molecule has 0 saturated heterocycles. The third-order valence-electron chi connectivity index (χ3n) is 4.21. The lowest BCUT2D eigenvalue weighted by Gasteiger charge is -2.32. The third kappa shape index (κ3) is 3.38. The Labute approximate surface area is 119 Å². The summed E-state index contributed by atoms with van der Waals surface area (Å²) < 4.78 is 27.3. The van der Waals surface area contributed by atoms with E-state index in [1.54, 1.807) is 0 Å². The summed E-state index contributed by atoms with van der Waals surface area (Å²) in [5, 5.41) is 5.94.